The van der Waals surface area contributed by atoms with Crippen LogP contribution in [0.4, 0.5) is 0 Å². The Kier molecular flexibility index (Phi) is 3.50. The number of halogens is 1. The van der Waals surface area contributed by atoms with Gasteiger partial charge in [0.25, 0.3) is 11.8 Å². The number of carbonyl (C=O) groups is 2. The summed E-state index contributed by atoms with van der Waals surface area (Å²) in [6, 6.07) is 18.3. The predicted molar refractivity (Wildman–Crippen MR) is 96.2 cm³/mol. The van der Waals surface area contributed by atoms with Gasteiger partial charge in [0, 0.05) is 9.86 Å². The molecule has 0 saturated carbocycles. The molecule has 0 spiro atoms. The molecule has 0 aromatic heterocycles. The van der Waals surface area contributed by atoms with Gasteiger partial charge in [0.15, 0.2) is 0 Å². The van der Waals surface area contributed by atoms with Gasteiger partial charge in [0.05, 0.1) is 17.3 Å². The largest absolute Gasteiger partial charge is 0.282 e. The van der Waals surface area contributed by atoms with Crippen LogP contribution in [0.1, 0.15) is 26.3 Å². The van der Waals surface area contributed by atoms with E-state index >= 15 is 0 Å². The summed E-state index contributed by atoms with van der Waals surface area (Å²) in [6.45, 7) is 0. The van der Waals surface area contributed by atoms with E-state index in [0.29, 0.717) is 16.5 Å². The lowest BCUT2D eigenvalue weighted by atomic mass is 9.95. The minimum absolute atomic E-state index is 0.407. The van der Waals surface area contributed by atoms with Crippen LogP contribution in [0.15, 0.2) is 70.2 Å². The maximum absolute atomic E-state index is 12.7. The maximum atomic E-state index is 12.7. The van der Waals surface area contributed by atoms with E-state index in [1.54, 1.807) is 12.1 Å². The Morgan fingerprint density at radius 1 is 0.875 bits per heavy atom. The zero-order chi connectivity index (χ0) is 16.7. The van der Waals surface area contributed by atoms with Gasteiger partial charge in [-0.2, -0.15) is 10.1 Å². The first kappa shape index (κ1) is 14.8. The van der Waals surface area contributed by atoms with E-state index < -0.39 is 11.8 Å². The summed E-state index contributed by atoms with van der Waals surface area (Å²) in [5, 5.41) is 6.63. The second-order valence-electron chi connectivity index (χ2n) is 5.43. The second-order valence-corrected chi connectivity index (χ2v) is 6.35. The highest BCUT2D eigenvalue weighted by Gasteiger charge is 2.32. The highest BCUT2D eigenvalue weighted by molar-refractivity contribution is 9.10. The number of nitrogens with zero attached hydrogens (tertiary/aromatic N) is 2. The molecule has 116 valence electrons. The van der Waals surface area contributed by atoms with Crippen LogP contribution in [0.5, 0.6) is 0 Å². The molecule has 1 aliphatic rings. The van der Waals surface area contributed by atoms with E-state index in [0.717, 1.165) is 20.4 Å². The zero-order valence-corrected chi connectivity index (χ0v) is 14.0. The van der Waals surface area contributed by atoms with Crippen LogP contribution in [0.25, 0.3) is 10.8 Å². The third kappa shape index (κ3) is 2.34. The first-order valence-corrected chi connectivity index (χ1v) is 8.14. The SMILES string of the molecule is O=C1c2cccc3cccc(c23)C(=O)N1/N=C\c1cccc(Br)c1. The Balaban J connectivity index is 1.79. The van der Waals surface area contributed by atoms with Crippen LogP contribution >= 0.6 is 15.9 Å². The standard InChI is InChI=1S/C19H11BrN2O2/c20-14-7-1-4-12(10-14)11-21-22-18(23)15-8-2-5-13-6-3-9-16(17(13)15)19(22)24/h1-11H/b21-11-. The van der Waals surface area contributed by atoms with E-state index in [2.05, 4.69) is 21.0 Å². The van der Waals surface area contributed by atoms with E-state index in [1.165, 1.54) is 6.21 Å². The van der Waals surface area contributed by atoms with E-state index in [1.807, 2.05) is 48.5 Å². The van der Waals surface area contributed by atoms with Gasteiger partial charge in [-0.1, -0.05) is 52.3 Å². The van der Waals surface area contributed by atoms with Crippen LogP contribution in [0.2, 0.25) is 0 Å². The van der Waals surface area contributed by atoms with Gasteiger partial charge in [0.1, 0.15) is 0 Å². The van der Waals surface area contributed by atoms with Gasteiger partial charge in [-0.15, -0.1) is 0 Å². The number of carbonyl (C=O) groups excluding carboxylic acids is 2. The molecule has 0 aliphatic carbocycles. The Morgan fingerprint density at radius 2 is 1.50 bits per heavy atom. The molecule has 5 heteroatoms. The molecule has 0 saturated heterocycles. The molecule has 24 heavy (non-hydrogen) atoms. The summed E-state index contributed by atoms with van der Waals surface area (Å²) < 4.78 is 0.901. The monoisotopic (exact) mass is 378 g/mol. The normalized spacial score (nSPS) is 14.0. The molecular weight excluding hydrogens is 368 g/mol. The van der Waals surface area contributed by atoms with Gasteiger partial charge in [0.2, 0.25) is 0 Å². The molecule has 0 atom stereocenters. The Bertz CT molecular complexity index is 976. The molecule has 0 radical (unpaired) electrons. The smallest absolute Gasteiger partial charge is 0.267 e. The molecule has 4 rings (SSSR count). The molecule has 3 aromatic rings. The molecule has 3 aromatic carbocycles. The number of hydrazone groups is 1. The fraction of sp³-hybridized carbons (Fsp3) is 0. The average molecular weight is 379 g/mol. The van der Waals surface area contributed by atoms with Crippen molar-refractivity contribution >= 4 is 44.7 Å². The van der Waals surface area contributed by atoms with Crippen LogP contribution < -0.4 is 0 Å². The number of hydrogen-bond donors (Lipinski definition) is 0. The van der Waals surface area contributed by atoms with Crippen LogP contribution in [0.3, 0.4) is 0 Å². The number of hydrogen-bond acceptors (Lipinski definition) is 3. The molecule has 0 N–H and O–H groups in total. The molecule has 1 heterocycles. The van der Waals surface area contributed by atoms with Crippen molar-refractivity contribution in [1.29, 1.82) is 0 Å². The third-order valence-electron chi connectivity index (χ3n) is 3.92. The van der Waals surface area contributed by atoms with Gasteiger partial charge >= 0.3 is 0 Å². The summed E-state index contributed by atoms with van der Waals surface area (Å²) in [6.07, 6.45) is 1.51. The lowest BCUT2D eigenvalue weighted by molar-refractivity contribution is 0.0616. The van der Waals surface area contributed by atoms with E-state index in [4.69, 9.17) is 0 Å². The Morgan fingerprint density at radius 3 is 2.12 bits per heavy atom. The number of amides is 2. The molecule has 4 nitrogen and oxygen atoms in total. The minimum Gasteiger partial charge on any atom is -0.267 e. The Labute approximate surface area is 146 Å². The van der Waals surface area contributed by atoms with Crippen molar-refractivity contribution in [3.05, 3.63) is 81.8 Å². The van der Waals surface area contributed by atoms with Gasteiger partial charge < -0.3 is 0 Å². The molecular formula is C19H11BrN2O2. The quantitative estimate of drug-likeness (QED) is 0.494. The topological polar surface area (TPSA) is 49.7 Å². The molecule has 0 fully saturated rings. The third-order valence-corrected chi connectivity index (χ3v) is 4.41. The van der Waals surface area contributed by atoms with E-state index in [9.17, 15) is 9.59 Å². The van der Waals surface area contributed by atoms with Gasteiger partial charge in [-0.3, -0.25) is 9.59 Å². The summed E-state index contributed by atoms with van der Waals surface area (Å²) in [5.41, 5.74) is 1.78. The summed E-state index contributed by atoms with van der Waals surface area (Å²) in [4.78, 5) is 25.4. The van der Waals surface area contributed by atoms with Gasteiger partial charge in [-0.25, -0.2) is 0 Å². The Hall–Kier alpha value is -2.79. The minimum atomic E-state index is -0.407. The van der Waals surface area contributed by atoms with Gasteiger partial charge in [-0.05, 0) is 35.2 Å². The molecule has 0 unspecified atom stereocenters. The van der Waals surface area contributed by atoms with Crippen molar-refractivity contribution in [2.75, 3.05) is 0 Å². The van der Waals surface area contributed by atoms with Crippen molar-refractivity contribution in [3.8, 4) is 0 Å². The van der Waals surface area contributed by atoms with Crippen molar-refractivity contribution in [2.24, 2.45) is 5.10 Å². The maximum Gasteiger partial charge on any atom is 0.282 e. The lowest BCUT2D eigenvalue weighted by Crippen LogP contribution is -2.36. The number of imide groups is 1. The molecule has 2 amide bonds. The average Bonchev–Trinajstić information content (AvgIpc) is 2.59. The molecule has 0 bridgehead atoms. The highest BCUT2D eigenvalue weighted by atomic mass is 79.9. The molecule has 1 aliphatic heterocycles. The zero-order valence-electron chi connectivity index (χ0n) is 12.4. The van der Waals surface area contributed by atoms with Crippen molar-refractivity contribution in [3.63, 3.8) is 0 Å². The summed E-state index contributed by atoms with van der Waals surface area (Å²) in [5.74, 6) is -0.814. The van der Waals surface area contributed by atoms with Crippen LogP contribution in [-0.2, 0) is 0 Å². The number of benzene rings is 3. The van der Waals surface area contributed by atoms with Crippen molar-refractivity contribution < 1.29 is 9.59 Å². The second kappa shape index (κ2) is 5.69. The van der Waals surface area contributed by atoms with Crippen molar-refractivity contribution in [2.45, 2.75) is 0 Å². The fourth-order valence-electron chi connectivity index (χ4n) is 2.83. The first-order chi connectivity index (χ1) is 11.6. The number of rotatable bonds is 2. The van der Waals surface area contributed by atoms with Crippen molar-refractivity contribution in [1.82, 2.24) is 5.01 Å². The van der Waals surface area contributed by atoms with E-state index in [-0.39, 0.29) is 0 Å². The van der Waals surface area contributed by atoms with Crippen LogP contribution in [-0.4, -0.2) is 23.0 Å². The lowest BCUT2D eigenvalue weighted by Gasteiger charge is -2.22. The highest BCUT2D eigenvalue weighted by Crippen LogP contribution is 2.30. The summed E-state index contributed by atoms with van der Waals surface area (Å²) in [7, 11) is 0. The predicted octanol–water partition coefficient (Wildman–Crippen LogP) is 4.23. The fourth-order valence-corrected chi connectivity index (χ4v) is 3.25. The van der Waals surface area contributed by atoms with Crippen LogP contribution in [0, 0.1) is 0 Å². The summed E-state index contributed by atoms with van der Waals surface area (Å²) >= 11 is 3.38. The first-order valence-electron chi connectivity index (χ1n) is 7.35.